The largest absolute Gasteiger partial charge is 0.480 e. The molecule has 1 amide bonds. The smallest absolute Gasteiger partial charge is 0.328 e. The highest BCUT2D eigenvalue weighted by Crippen LogP contribution is 2.24. The van der Waals surface area contributed by atoms with Crippen molar-refractivity contribution in [1.82, 2.24) is 5.32 Å². The average Bonchev–Trinajstić information content (AvgIpc) is 2.34. The van der Waals surface area contributed by atoms with Crippen molar-refractivity contribution < 1.29 is 14.7 Å². The van der Waals surface area contributed by atoms with Gasteiger partial charge in [-0.1, -0.05) is 12.1 Å². The molecule has 1 rings (SSSR count). The van der Waals surface area contributed by atoms with Gasteiger partial charge < -0.3 is 15.7 Å². The average molecular weight is 268 g/mol. The number of nitrogens with one attached hydrogen (secondary N) is 2. The lowest BCUT2D eigenvalue weighted by Gasteiger charge is -2.16. The second kappa shape index (κ2) is 6.90. The van der Waals surface area contributed by atoms with E-state index in [1.165, 1.54) is 6.92 Å². The maximum atomic E-state index is 11.0. The van der Waals surface area contributed by atoms with Gasteiger partial charge in [0, 0.05) is 24.1 Å². The number of thioether (sulfide) groups is 1. The highest BCUT2D eigenvalue weighted by atomic mass is 32.2. The molecule has 0 aliphatic rings. The van der Waals surface area contributed by atoms with Gasteiger partial charge in [0.2, 0.25) is 5.91 Å². The van der Waals surface area contributed by atoms with E-state index in [4.69, 9.17) is 5.11 Å². The van der Waals surface area contributed by atoms with Crippen molar-refractivity contribution in [3.05, 3.63) is 24.3 Å². The van der Waals surface area contributed by atoms with Gasteiger partial charge in [0.15, 0.2) is 0 Å². The molecule has 0 bridgehead atoms. The van der Waals surface area contributed by atoms with Crippen LogP contribution in [0.2, 0.25) is 0 Å². The van der Waals surface area contributed by atoms with Crippen LogP contribution < -0.4 is 10.6 Å². The van der Waals surface area contributed by atoms with E-state index >= 15 is 0 Å². The zero-order valence-corrected chi connectivity index (χ0v) is 11.1. The summed E-state index contributed by atoms with van der Waals surface area (Å²) in [4.78, 5) is 22.9. The number of amides is 1. The maximum Gasteiger partial charge on any atom is 0.328 e. The number of rotatable bonds is 6. The number of carbonyl (C=O) groups is 2. The van der Waals surface area contributed by atoms with Crippen LogP contribution in [0.5, 0.6) is 0 Å². The molecule has 1 unspecified atom stereocenters. The van der Waals surface area contributed by atoms with Crippen LogP contribution in [0.3, 0.4) is 0 Å². The molecule has 0 aliphatic carbocycles. The summed E-state index contributed by atoms with van der Waals surface area (Å²) in [5.41, 5.74) is 0.863. The minimum absolute atomic E-state index is 0.145. The number of carboxylic acid groups (broad SMARTS) is 1. The van der Waals surface area contributed by atoms with Gasteiger partial charge in [-0.2, -0.15) is 0 Å². The zero-order valence-electron chi connectivity index (χ0n) is 10.3. The number of para-hydroxylation sites is 1. The maximum absolute atomic E-state index is 11.0. The van der Waals surface area contributed by atoms with Crippen LogP contribution >= 0.6 is 11.8 Å². The molecule has 0 fully saturated rings. The second-order valence-electron chi connectivity index (χ2n) is 3.67. The van der Waals surface area contributed by atoms with Crippen LogP contribution in [0.25, 0.3) is 0 Å². The molecule has 6 heteroatoms. The molecule has 0 aromatic heterocycles. The van der Waals surface area contributed by atoms with Crippen molar-refractivity contribution >= 4 is 29.3 Å². The second-order valence-corrected chi connectivity index (χ2v) is 4.52. The van der Waals surface area contributed by atoms with Gasteiger partial charge in [0.05, 0.1) is 0 Å². The van der Waals surface area contributed by atoms with Crippen LogP contribution in [0.1, 0.15) is 6.92 Å². The molecule has 0 spiro atoms. The quantitative estimate of drug-likeness (QED) is 0.680. The van der Waals surface area contributed by atoms with Crippen molar-refractivity contribution in [2.75, 3.05) is 18.1 Å². The normalized spacial score (nSPS) is 11.7. The van der Waals surface area contributed by atoms with E-state index in [0.717, 1.165) is 10.6 Å². The Bertz CT molecular complexity index is 437. The molecule has 1 aromatic rings. The van der Waals surface area contributed by atoms with Crippen molar-refractivity contribution in [3.63, 3.8) is 0 Å². The van der Waals surface area contributed by atoms with E-state index in [-0.39, 0.29) is 12.5 Å². The summed E-state index contributed by atoms with van der Waals surface area (Å²) >= 11 is 1.57. The van der Waals surface area contributed by atoms with Gasteiger partial charge in [-0.25, -0.2) is 4.79 Å². The van der Waals surface area contributed by atoms with Gasteiger partial charge in [-0.15, -0.1) is 11.8 Å². The highest BCUT2D eigenvalue weighted by Gasteiger charge is 2.18. The standard InChI is InChI=1S/C12H16N2O3S/c1-8(15)14-10(12(16)17)7-13-9-5-3-4-6-11(9)18-2/h3-6,10,13H,7H2,1-2H3,(H,14,15)(H,16,17). The fraction of sp³-hybridized carbons (Fsp3) is 0.333. The van der Waals surface area contributed by atoms with Crippen LogP contribution in [-0.4, -0.2) is 35.8 Å². The lowest BCUT2D eigenvalue weighted by molar-refractivity contribution is -0.141. The Morgan fingerprint density at radius 1 is 1.39 bits per heavy atom. The Morgan fingerprint density at radius 3 is 2.61 bits per heavy atom. The number of aliphatic carboxylic acids is 1. The van der Waals surface area contributed by atoms with Gasteiger partial charge in [-0.3, -0.25) is 4.79 Å². The topological polar surface area (TPSA) is 78.4 Å². The molecular weight excluding hydrogens is 252 g/mol. The molecule has 98 valence electrons. The molecule has 0 saturated carbocycles. The van der Waals surface area contributed by atoms with Crippen LogP contribution in [0.4, 0.5) is 5.69 Å². The number of benzene rings is 1. The molecule has 0 aliphatic heterocycles. The molecule has 0 radical (unpaired) electrons. The van der Waals surface area contributed by atoms with E-state index in [1.807, 2.05) is 30.5 Å². The fourth-order valence-electron chi connectivity index (χ4n) is 1.45. The zero-order chi connectivity index (χ0) is 13.5. The number of carbonyl (C=O) groups excluding carboxylic acids is 1. The van der Waals surface area contributed by atoms with Crippen molar-refractivity contribution in [3.8, 4) is 0 Å². The van der Waals surface area contributed by atoms with Crippen LogP contribution in [0.15, 0.2) is 29.2 Å². The van der Waals surface area contributed by atoms with Crippen molar-refractivity contribution in [1.29, 1.82) is 0 Å². The third-order valence-electron chi connectivity index (χ3n) is 2.28. The Morgan fingerprint density at radius 2 is 2.06 bits per heavy atom. The summed E-state index contributed by atoms with van der Waals surface area (Å²) in [6.45, 7) is 1.44. The highest BCUT2D eigenvalue weighted by molar-refractivity contribution is 7.98. The molecule has 5 nitrogen and oxygen atoms in total. The minimum atomic E-state index is -1.06. The predicted octanol–water partition coefficient (Wildman–Crippen LogP) is 1.41. The van der Waals surface area contributed by atoms with Gasteiger partial charge in [0.1, 0.15) is 6.04 Å². The Balaban J connectivity index is 2.66. The molecule has 1 atom stereocenters. The van der Waals surface area contributed by atoms with E-state index in [1.54, 1.807) is 11.8 Å². The first-order valence-corrected chi connectivity index (χ1v) is 6.64. The Labute approximate surface area is 110 Å². The monoisotopic (exact) mass is 268 g/mol. The molecular formula is C12H16N2O3S. The molecule has 0 heterocycles. The van der Waals surface area contributed by atoms with Gasteiger partial charge >= 0.3 is 5.97 Å². The van der Waals surface area contributed by atoms with Crippen LogP contribution in [-0.2, 0) is 9.59 Å². The lowest BCUT2D eigenvalue weighted by Crippen LogP contribution is -2.44. The summed E-state index contributed by atoms with van der Waals surface area (Å²) < 4.78 is 0. The van der Waals surface area contributed by atoms with Gasteiger partial charge in [-0.05, 0) is 18.4 Å². The van der Waals surface area contributed by atoms with E-state index in [2.05, 4.69) is 10.6 Å². The number of hydrogen-bond donors (Lipinski definition) is 3. The molecule has 3 N–H and O–H groups in total. The van der Waals surface area contributed by atoms with E-state index < -0.39 is 12.0 Å². The first-order valence-electron chi connectivity index (χ1n) is 5.41. The minimum Gasteiger partial charge on any atom is -0.480 e. The third kappa shape index (κ3) is 4.29. The summed E-state index contributed by atoms with van der Waals surface area (Å²) in [7, 11) is 0. The first-order chi connectivity index (χ1) is 8.54. The Hall–Kier alpha value is -1.69. The van der Waals surface area contributed by atoms with E-state index in [9.17, 15) is 9.59 Å². The van der Waals surface area contributed by atoms with Crippen molar-refractivity contribution in [2.24, 2.45) is 0 Å². The summed E-state index contributed by atoms with van der Waals surface area (Å²) in [6, 6.07) is 6.67. The van der Waals surface area contributed by atoms with Crippen molar-refractivity contribution in [2.45, 2.75) is 17.9 Å². The molecule has 1 aromatic carbocycles. The molecule has 18 heavy (non-hydrogen) atoms. The fourth-order valence-corrected chi connectivity index (χ4v) is 2.02. The lowest BCUT2D eigenvalue weighted by atomic mass is 10.2. The van der Waals surface area contributed by atoms with E-state index in [0.29, 0.717) is 0 Å². The number of anilines is 1. The Kier molecular flexibility index (Phi) is 5.51. The summed E-state index contributed by atoms with van der Waals surface area (Å²) in [5.74, 6) is -1.42. The van der Waals surface area contributed by atoms with Gasteiger partial charge in [0.25, 0.3) is 0 Å². The number of carboxylic acids is 1. The SMILES string of the molecule is CSc1ccccc1NCC(NC(C)=O)C(=O)O. The summed E-state index contributed by atoms with van der Waals surface area (Å²) in [6.07, 6.45) is 1.95. The summed E-state index contributed by atoms with van der Waals surface area (Å²) in [5, 5.41) is 14.4. The third-order valence-corrected chi connectivity index (χ3v) is 3.08. The predicted molar refractivity (Wildman–Crippen MR) is 72.0 cm³/mol. The molecule has 0 saturated heterocycles. The van der Waals surface area contributed by atoms with Crippen LogP contribution in [0, 0.1) is 0 Å². The number of hydrogen-bond acceptors (Lipinski definition) is 4. The first kappa shape index (κ1) is 14.4.